The molecule has 5 nitrogen and oxygen atoms in total. The van der Waals surface area contributed by atoms with E-state index in [2.05, 4.69) is 10.6 Å². The van der Waals surface area contributed by atoms with E-state index in [9.17, 15) is 9.59 Å². The third kappa shape index (κ3) is 5.19. The van der Waals surface area contributed by atoms with E-state index in [1.54, 1.807) is 24.3 Å². The van der Waals surface area contributed by atoms with Gasteiger partial charge in [0.1, 0.15) is 6.04 Å². The molecule has 3 atom stereocenters. The Bertz CT molecular complexity index is 462. The molecular weight excluding hydrogens is 266 g/mol. The first-order chi connectivity index (χ1) is 9.99. The number of nitrogens with one attached hydrogen (secondary N) is 2. The molecule has 2 unspecified atom stereocenters. The second-order valence-corrected chi connectivity index (χ2v) is 5.35. The summed E-state index contributed by atoms with van der Waals surface area (Å²) in [5.74, 6) is -0.384. The van der Waals surface area contributed by atoms with Crippen molar-refractivity contribution >= 4 is 11.8 Å². The second-order valence-electron chi connectivity index (χ2n) is 5.35. The molecule has 2 amide bonds. The quantitative estimate of drug-likeness (QED) is 0.708. The average molecular weight is 291 g/mol. The number of benzene rings is 1. The molecule has 1 aromatic carbocycles. The molecule has 116 valence electrons. The number of carbonyl (C=O) groups is 2. The predicted molar refractivity (Wildman–Crippen MR) is 83.8 cm³/mol. The zero-order chi connectivity index (χ0) is 15.8. The zero-order valence-corrected chi connectivity index (χ0v) is 12.9. The maximum Gasteiger partial charge on any atom is 0.251 e. The van der Waals surface area contributed by atoms with Crippen molar-refractivity contribution < 1.29 is 9.59 Å². The van der Waals surface area contributed by atoms with Crippen LogP contribution in [0.25, 0.3) is 0 Å². The second kappa shape index (κ2) is 8.42. The number of hydrogen-bond donors (Lipinski definition) is 3. The predicted octanol–water partition coefficient (Wildman–Crippen LogP) is 1.29. The van der Waals surface area contributed by atoms with Gasteiger partial charge in [0.05, 0.1) is 0 Å². The van der Waals surface area contributed by atoms with E-state index in [0.29, 0.717) is 12.1 Å². The number of hydrogen-bond acceptors (Lipinski definition) is 3. The minimum atomic E-state index is -0.559. The molecule has 0 fully saturated rings. The molecule has 0 spiro atoms. The minimum Gasteiger partial charge on any atom is -0.351 e. The first-order valence-electron chi connectivity index (χ1n) is 7.35. The Morgan fingerprint density at radius 2 is 1.76 bits per heavy atom. The average Bonchev–Trinajstić information content (AvgIpc) is 2.52. The van der Waals surface area contributed by atoms with E-state index in [1.165, 1.54) is 0 Å². The summed E-state index contributed by atoms with van der Waals surface area (Å²) in [4.78, 5) is 24.5. The van der Waals surface area contributed by atoms with E-state index < -0.39 is 6.04 Å². The Morgan fingerprint density at radius 1 is 1.14 bits per heavy atom. The maximum absolute atomic E-state index is 12.3. The summed E-state index contributed by atoms with van der Waals surface area (Å²) < 4.78 is 0. The van der Waals surface area contributed by atoms with Crippen LogP contribution in [0.4, 0.5) is 0 Å². The summed E-state index contributed by atoms with van der Waals surface area (Å²) >= 11 is 0. The minimum absolute atomic E-state index is 0.0441. The fourth-order valence-corrected chi connectivity index (χ4v) is 1.91. The van der Waals surface area contributed by atoms with Crippen LogP contribution in [0.2, 0.25) is 0 Å². The highest BCUT2D eigenvalue weighted by atomic mass is 16.2. The molecule has 1 rings (SSSR count). The lowest BCUT2D eigenvalue weighted by atomic mass is 9.97. The largest absolute Gasteiger partial charge is 0.351 e. The summed E-state index contributed by atoms with van der Waals surface area (Å²) in [6, 6.07) is 8.22. The lowest BCUT2D eigenvalue weighted by Gasteiger charge is -2.25. The highest BCUT2D eigenvalue weighted by Crippen LogP contribution is 2.10. The monoisotopic (exact) mass is 291 g/mol. The lowest BCUT2D eigenvalue weighted by molar-refractivity contribution is -0.124. The topological polar surface area (TPSA) is 84.2 Å². The van der Waals surface area contributed by atoms with Gasteiger partial charge in [-0.25, -0.2) is 0 Å². The van der Waals surface area contributed by atoms with Crippen molar-refractivity contribution in [2.75, 3.05) is 6.54 Å². The molecule has 0 aromatic heterocycles. The third-order valence-electron chi connectivity index (χ3n) is 3.56. The van der Waals surface area contributed by atoms with E-state index >= 15 is 0 Å². The van der Waals surface area contributed by atoms with Gasteiger partial charge in [0, 0.05) is 18.2 Å². The van der Waals surface area contributed by atoms with Crippen LogP contribution >= 0.6 is 0 Å². The molecule has 0 heterocycles. The SMILES string of the molecule is CCC(C)C(NC(=O)c1ccccc1)C(=O)N[C@@H](C)CN. The Hall–Kier alpha value is -1.88. The molecule has 0 aliphatic carbocycles. The Morgan fingerprint density at radius 3 is 2.29 bits per heavy atom. The molecular formula is C16H25N3O2. The first-order valence-corrected chi connectivity index (χ1v) is 7.35. The van der Waals surface area contributed by atoms with E-state index in [0.717, 1.165) is 6.42 Å². The highest BCUT2D eigenvalue weighted by molar-refractivity contribution is 5.97. The van der Waals surface area contributed by atoms with Crippen LogP contribution < -0.4 is 16.4 Å². The Balaban J connectivity index is 2.79. The van der Waals surface area contributed by atoms with Crippen molar-refractivity contribution in [2.45, 2.75) is 39.3 Å². The summed E-state index contributed by atoms with van der Waals surface area (Å²) in [6.45, 7) is 6.14. The van der Waals surface area contributed by atoms with Crippen LogP contribution in [-0.2, 0) is 4.79 Å². The van der Waals surface area contributed by atoms with E-state index in [-0.39, 0.29) is 23.8 Å². The van der Waals surface area contributed by atoms with Crippen LogP contribution in [0.1, 0.15) is 37.6 Å². The van der Waals surface area contributed by atoms with Crippen molar-refractivity contribution in [3.05, 3.63) is 35.9 Å². The highest BCUT2D eigenvalue weighted by Gasteiger charge is 2.26. The normalized spacial score (nSPS) is 14.9. The van der Waals surface area contributed by atoms with Crippen molar-refractivity contribution in [1.82, 2.24) is 10.6 Å². The summed E-state index contributed by atoms with van der Waals surface area (Å²) in [7, 11) is 0. The van der Waals surface area contributed by atoms with Crippen molar-refractivity contribution in [3.8, 4) is 0 Å². The molecule has 0 aliphatic heterocycles. The van der Waals surface area contributed by atoms with Gasteiger partial charge >= 0.3 is 0 Å². The van der Waals surface area contributed by atoms with Gasteiger partial charge in [-0.05, 0) is 25.0 Å². The maximum atomic E-state index is 12.3. The van der Waals surface area contributed by atoms with Gasteiger partial charge in [-0.3, -0.25) is 9.59 Å². The third-order valence-corrected chi connectivity index (χ3v) is 3.56. The van der Waals surface area contributed by atoms with Gasteiger partial charge in [-0.1, -0.05) is 38.5 Å². The fraction of sp³-hybridized carbons (Fsp3) is 0.500. The van der Waals surface area contributed by atoms with E-state index in [1.807, 2.05) is 26.8 Å². The Kier molecular flexibility index (Phi) is 6.88. The van der Waals surface area contributed by atoms with Gasteiger partial charge in [0.15, 0.2) is 0 Å². The smallest absolute Gasteiger partial charge is 0.251 e. The van der Waals surface area contributed by atoms with Crippen LogP contribution in [0.5, 0.6) is 0 Å². The first kappa shape index (κ1) is 17.2. The van der Waals surface area contributed by atoms with Crippen LogP contribution in [0.3, 0.4) is 0 Å². The van der Waals surface area contributed by atoms with Crippen molar-refractivity contribution in [1.29, 1.82) is 0 Å². The van der Waals surface area contributed by atoms with Crippen LogP contribution in [0.15, 0.2) is 30.3 Å². The molecule has 0 radical (unpaired) electrons. The number of amides is 2. The molecule has 0 aliphatic rings. The molecule has 21 heavy (non-hydrogen) atoms. The fourth-order valence-electron chi connectivity index (χ4n) is 1.91. The molecule has 1 aromatic rings. The van der Waals surface area contributed by atoms with E-state index in [4.69, 9.17) is 5.73 Å². The van der Waals surface area contributed by atoms with Gasteiger partial charge in [-0.2, -0.15) is 0 Å². The summed E-state index contributed by atoms with van der Waals surface area (Å²) in [6.07, 6.45) is 0.796. The van der Waals surface area contributed by atoms with Gasteiger partial charge < -0.3 is 16.4 Å². The molecule has 0 saturated carbocycles. The number of carbonyl (C=O) groups excluding carboxylic acids is 2. The van der Waals surface area contributed by atoms with Gasteiger partial charge in [0.2, 0.25) is 5.91 Å². The van der Waals surface area contributed by atoms with Crippen molar-refractivity contribution in [3.63, 3.8) is 0 Å². The molecule has 0 saturated heterocycles. The van der Waals surface area contributed by atoms with Crippen LogP contribution in [-0.4, -0.2) is 30.4 Å². The molecule has 0 bridgehead atoms. The number of rotatable bonds is 7. The van der Waals surface area contributed by atoms with Gasteiger partial charge in [0.25, 0.3) is 5.91 Å². The standard InChI is InChI=1S/C16H25N3O2/c1-4-11(2)14(16(21)18-12(3)10-17)19-15(20)13-8-6-5-7-9-13/h5-9,11-12,14H,4,10,17H2,1-3H3,(H,18,21)(H,19,20)/t11?,12-,14?/m0/s1. The Labute approximate surface area is 126 Å². The molecule has 4 N–H and O–H groups in total. The summed E-state index contributed by atoms with van der Waals surface area (Å²) in [5, 5.41) is 5.64. The summed E-state index contributed by atoms with van der Waals surface area (Å²) in [5.41, 5.74) is 6.07. The van der Waals surface area contributed by atoms with Crippen LogP contribution in [0, 0.1) is 5.92 Å². The molecule has 5 heteroatoms. The number of nitrogens with two attached hydrogens (primary N) is 1. The van der Waals surface area contributed by atoms with Gasteiger partial charge in [-0.15, -0.1) is 0 Å². The lowest BCUT2D eigenvalue weighted by Crippen LogP contribution is -2.53. The zero-order valence-electron chi connectivity index (χ0n) is 12.9. The van der Waals surface area contributed by atoms with Crippen molar-refractivity contribution in [2.24, 2.45) is 11.7 Å².